The molecule has 1 unspecified atom stereocenters. The Hall–Kier alpha value is -1.06. The van der Waals surface area contributed by atoms with Crippen LogP contribution in [0.15, 0.2) is 18.2 Å². The minimum Gasteiger partial charge on any atom is -0.496 e. The summed E-state index contributed by atoms with van der Waals surface area (Å²) in [4.78, 5) is 0. The van der Waals surface area contributed by atoms with Crippen molar-refractivity contribution in [1.29, 1.82) is 0 Å². The lowest BCUT2D eigenvalue weighted by molar-refractivity contribution is -0.0142. The minimum absolute atomic E-state index is 0.107. The standard InChI is InChI=1S/C17H29NO2/c1-7-18-15(12-20-17(3,4)5)11-14-10-13(2)8-9-16(14)19-6/h8-10,15,18H,7,11-12H2,1-6H3. The van der Waals surface area contributed by atoms with Gasteiger partial charge in [0.2, 0.25) is 0 Å². The zero-order valence-electron chi connectivity index (χ0n) is 13.7. The summed E-state index contributed by atoms with van der Waals surface area (Å²) in [5, 5.41) is 3.49. The minimum atomic E-state index is -0.107. The first-order valence-electron chi connectivity index (χ1n) is 7.36. The van der Waals surface area contributed by atoms with Gasteiger partial charge in [-0.3, -0.25) is 0 Å². The molecule has 0 aliphatic carbocycles. The normalized spacial score (nSPS) is 13.3. The summed E-state index contributed by atoms with van der Waals surface area (Å²) in [6.07, 6.45) is 0.911. The Bertz CT molecular complexity index is 410. The van der Waals surface area contributed by atoms with Gasteiger partial charge in [0, 0.05) is 6.04 Å². The van der Waals surface area contributed by atoms with Crippen LogP contribution in [-0.2, 0) is 11.2 Å². The molecule has 1 aromatic carbocycles. The van der Waals surface area contributed by atoms with Crippen LogP contribution < -0.4 is 10.1 Å². The van der Waals surface area contributed by atoms with Gasteiger partial charge in [0.1, 0.15) is 5.75 Å². The fourth-order valence-electron chi connectivity index (χ4n) is 2.16. The van der Waals surface area contributed by atoms with Crippen molar-refractivity contribution in [3.05, 3.63) is 29.3 Å². The second kappa shape index (κ2) is 7.65. The molecule has 1 aromatic rings. The number of likely N-dealkylation sites (N-methyl/N-ethyl adjacent to an activating group) is 1. The van der Waals surface area contributed by atoms with Crippen LogP contribution in [0.1, 0.15) is 38.8 Å². The topological polar surface area (TPSA) is 30.5 Å². The second-order valence-electron chi connectivity index (χ2n) is 6.20. The molecule has 0 saturated carbocycles. The number of hydrogen-bond acceptors (Lipinski definition) is 3. The third kappa shape index (κ3) is 5.93. The molecule has 0 amide bonds. The largest absolute Gasteiger partial charge is 0.496 e. The molecule has 1 rings (SSSR count). The smallest absolute Gasteiger partial charge is 0.122 e. The van der Waals surface area contributed by atoms with Crippen LogP contribution in [0, 0.1) is 6.92 Å². The molecular weight excluding hydrogens is 250 g/mol. The summed E-state index contributed by atoms with van der Waals surface area (Å²) >= 11 is 0. The Balaban J connectivity index is 2.76. The van der Waals surface area contributed by atoms with Crippen molar-refractivity contribution >= 4 is 0 Å². The van der Waals surface area contributed by atoms with Gasteiger partial charge in [0.25, 0.3) is 0 Å². The van der Waals surface area contributed by atoms with Crippen molar-refractivity contribution in [3.63, 3.8) is 0 Å². The van der Waals surface area contributed by atoms with Gasteiger partial charge in [-0.25, -0.2) is 0 Å². The fraction of sp³-hybridized carbons (Fsp3) is 0.647. The molecule has 3 heteroatoms. The monoisotopic (exact) mass is 279 g/mol. The van der Waals surface area contributed by atoms with Gasteiger partial charge >= 0.3 is 0 Å². The highest BCUT2D eigenvalue weighted by molar-refractivity contribution is 5.37. The van der Waals surface area contributed by atoms with Crippen LogP contribution >= 0.6 is 0 Å². The number of ether oxygens (including phenoxy) is 2. The van der Waals surface area contributed by atoms with E-state index in [-0.39, 0.29) is 5.60 Å². The van der Waals surface area contributed by atoms with Crippen LogP contribution in [0.4, 0.5) is 0 Å². The lowest BCUT2D eigenvalue weighted by Crippen LogP contribution is -2.38. The quantitative estimate of drug-likeness (QED) is 0.830. The first-order valence-corrected chi connectivity index (χ1v) is 7.36. The molecule has 1 N–H and O–H groups in total. The maximum Gasteiger partial charge on any atom is 0.122 e. The zero-order valence-corrected chi connectivity index (χ0v) is 13.7. The van der Waals surface area contributed by atoms with Crippen molar-refractivity contribution in [3.8, 4) is 5.75 Å². The number of hydrogen-bond donors (Lipinski definition) is 1. The molecule has 0 radical (unpaired) electrons. The molecule has 0 aromatic heterocycles. The van der Waals surface area contributed by atoms with Gasteiger partial charge in [0.05, 0.1) is 19.3 Å². The number of rotatable bonds is 7. The van der Waals surface area contributed by atoms with E-state index in [2.05, 4.69) is 52.1 Å². The molecule has 0 heterocycles. The predicted molar refractivity (Wildman–Crippen MR) is 84.6 cm³/mol. The zero-order chi connectivity index (χ0) is 15.2. The summed E-state index contributed by atoms with van der Waals surface area (Å²) < 4.78 is 11.4. The van der Waals surface area contributed by atoms with E-state index in [0.717, 1.165) is 18.7 Å². The summed E-state index contributed by atoms with van der Waals surface area (Å²) in [5.74, 6) is 0.953. The first-order chi connectivity index (χ1) is 9.35. The SMILES string of the molecule is CCNC(COC(C)(C)C)Cc1cc(C)ccc1OC. The van der Waals surface area contributed by atoms with Gasteiger partial charge in [-0.2, -0.15) is 0 Å². The lowest BCUT2D eigenvalue weighted by atomic mass is 10.0. The Morgan fingerprint density at radius 1 is 1.25 bits per heavy atom. The average Bonchev–Trinajstić information content (AvgIpc) is 2.35. The summed E-state index contributed by atoms with van der Waals surface area (Å²) in [5.41, 5.74) is 2.38. The van der Waals surface area contributed by atoms with E-state index in [1.54, 1.807) is 7.11 Å². The van der Waals surface area contributed by atoms with Crippen molar-refractivity contribution in [2.45, 2.75) is 52.7 Å². The van der Waals surface area contributed by atoms with E-state index in [1.807, 2.05) is 6.07 Å². The van der Waals surface area contributed by atoms with Crippen molar-refractivity contribution in [2.24, 2.45) is 0 Å². The first kappa shape index (κ1) is 17.0. The molecule has 0 spiro atoms. The number of benzene rings is 1. The van der Waals surface area contributed by atoms with Crippen molar-refractivity contribution < 1.29 is 9.47 Å². The molecule has 3 nitrogen and oxygen atoms in total. The van der Waals surface area contributed by atoms with Gasteiger partial charge < -0.3 is 14.8 Å². The molecule has 0 aliphatic rings. The molecule has 0 aliphatic heterocycles. The molecule has 114 valence electrons. The lowest BCUT2D eigenvalue weighted by Gasteiger charge is -2.25. The number of aryl methyl sites for hydroxylation is 1. The third-order valence-electron chi connectivity index (χ3n) is 3.11. The highest BCUT2D eigenvalue weighted by Gasteiger charge is 2.17. The number of nitrogens with one attached hydrogen (secondary N) is 1. The third-order valence-corrected chi connectivity index (χ3v) is 3.11. The molecular formula is C17H29NO2. The fourth-order valence-corrected chi connectivity index (χ4v) is 2.16. The van der Waals surface area contributed by atoms with E-state index in [4.69, 9.17) is 9.47 Å². The van der Waals surface area contributed by atoms with Crippen LogP contribution in [0.2, 0.25) is 0 Å². The number of methoxy groups -OCH3 is 1. The van der Waals surface area contributed by atoms with E-state index >= 15 is 0 Å². The maximum atomic E-state index is 5.92. The van der Waals surface area contributed by atoms with E-state index in [9.17, 15) is 0 Å². The maximum absolute atomic E-state index is 5.92. The van der Waals surface area contributed by atoms with Crippen molar-refractivity contribution in [1.82, 2.24) is 5.32 Å². The van der Waals surface area contributed by atoms with E-state index in [1.165, 1.54) is 11.1 Å². The Morgan fingerprint density at radius 2 is 1.95 bits per heavy atom. The predicted octanol–water partition coefficient (Wildman–Crippen LogP) is 3.34. The Morgan fingerprint density at radius 3 is 2.50 bits per heavy atom. The van der Waals surface area contributed by atoms with Crippen LogP contribution in [0.25, 0.3) is 0 Å². The Labute approximate surface area is 123 Å². The van der Waals surface area contributed by atoms with Gasteiger partial charge in [-0.15, -0.1) is 0 Å². The Kier molecular flexibility index (Phi) is 6.50. The van der Waals surface area contributed by atoms with Gasteiger partial charge in [0.15, 0.2) is 0 Å². The van der Waals surface area contributed by atoms with Gasteiger partial charge in [-0.05, 0) is 52.3 Å². The van der Waals surface area contributed by atoms with E-state index < -0.39 is 0 Å². The van der Waals surface area contributed by atoms with Crippen LogP contribution in [0.5, 0.6) is 5.75 Å². The van der Waals surface area contributed by atoms with E-state index in [0.29, 0.717) is 12.6 Å². The average molecular weight is 279 g/mol. The molecule has 0 bridgehead atoms. The van der Waals surface area contributed by atoms with Crippen molar-refractivity contribution in [2.75, 3.05) is 20.3 Å². The molecule has 20 heavy (non-hydrogen) atoms. The summed E-state index contributed by atoms with van der Waals surface area (Å²) in [6, 6.07) is 6.62. The summed E-state index contributed by atoms with van der Waals surface area (Å²) in [7, 11) is 1.72. The highest BCUT2D eigenvalue weighted by atomic mass is 16.5. The van der Waals surface area contributed by atoms with Crippen LogP contribution in [0.3, 0.4) is 0 Å². The van der Waals surface area contributed by atoms with Crippen LogP contribution in [-0.4, -0.2) is 31.9 Å². The second-order valence-corrected chi connectivity index (χ2v) is 6.20. The van der Waals surface area contributed by atoms with Gasteiger partial charge in [-0.1, -0.05) is 24.6 Å². The highest BCUT2D eigenvalue weighted by Crippen LogP contribution is 2.21. The summed E-state index contributed by atoms with van der Waals surface area (Å²) in [6.45, 7) is 12.1. The molecule has 1 atom stereocenters. The molecule has 0 fully saturated rings. The molecule has 0 saturated heterocycles.